The van der Waals surface area contributed by atoms with Crippen LogP contribution in [0.2, 0.25) is 0 Å². The fraction of sp³-hybridized carbons (Fsp3) is 0.667. The molecule has 2 heterocycles. The van der Waals surface area contributed by atoms with E-state index in [1.54, 1.807) is 6.07 Å². The van der Waals surface area contributed by atoms with Crippen LogP contribution < -0.4 is 5.32 Å². The maximum Gasteiger partial charge on any atom is 0.324 e. The number of nitrogens with one attached hydrogen (secondary N) is 1. The SMILES string of the molecule is CCC1OCCC1CNCc1ccc([N+](=O)[O-])s1. The van der Waals surface area contributed by atoms with E-state index in [9.17, 15) is 10.1 Å². The molecule has 1 aromatic rings. The second-order valence-corrected chi connectivity index (χ2v) is 5.64. The third kappa shape index (κ3) is 3.28. The van der Waals surface area contributed by atoms with E-state index in [0.29, 0.717) is 18.6 Å². The minimum absolute atomic E-state index is 0.211. The van der Waals surface area contributed by atoms with Gasteiger partial charge in [0, 0.05) is 30.6 Å². The molecule has 5 nitrogen and oxygen atoms in total. The fourth-order valence-electron chi connectivity index (χ4n) is 2.32. The van der Waals surface area contributed by atoms with Crippen molar-refractivity contribution in [3.63, 3.8) is 0 Å². The topological polar surface area (TPSA) is 64.4 Å². The molecule has 18 heavy (non-hydrogen) atoms. The van der Waals surface area contributed by atoms with Gasteiger partial charge in [0.1, 0.15) is 0 Å². The van der Waals surface area contributed by atoms with E-state index < -0.39 is 0 Å². The van der Waals surface area contributed by atoms with E-state index in [0.717, 1.165) is 30.9 Å². The van der Waals surface area contributed by atoms with Gasteiger partial charge >= 0.3 is 5.00 Å². The number of nitro groups is 1. The zero-order valence-corrected chi connectivity index (χ0v) is 11.2. The number of thiophene rings is 1. The summed E-state index contributed by atoms with van der Waals surface area (Å²) in [6.07, 6.45) is 2.53. The molecular weight excluding hydrogens is 252 g/mol. The molecule has 1 N–H and O–H groups in total. The van der Waals surface area contributed by atoms with Crippen LogP contribution in [0, 0.1) is 16.0 Å². The Hall–Kier alpha value is -0.980. The van der Waals surface area contributed by atoms with Gasteiger partial charge in [0.15, 0.2) is 0 Å². The van der Waals surface area contributed by atoms with Gasteiger partial charge < -0.3 is 10.1 Å². The second-order valence-electron chi connectivity index (χ2n) is 4.49. The molecule has 2 rings (SSSR count). The minimum atomic E-state index is -0.341. The van der Waals surface area contributed by atoms with Crippen molar-refractivity contribution in [1.82, 2.24) is 5.32 Å². The van der Waals surface area contributed by atoms with Gasteiger partial charge in [0.2, 0.25) is 0 Å². The van der Waals surface area contributed by atoms with Gasteiger partial charge in [-0.15, -0.1) is 0 Å². The van der Waals surface area contributed by atoms with Crippen LogP contribution in [0.5, 0.6) is 0 Å². The highest BCUT2D eigenvalue weighted by atomic mass is 32.1. The summed E-state index contributed by atoms with van der Waals surface area (Å²) in [4.78, 5) is 11.2. The predicted octanol–water partition coefficient (Wildman–Crippen LogP) is 2.56. The Morgan fingerprint density at radius 1 is 1.61 bits per heavy atom. The summed E-state index contributed by atoms with van der Waals surface area (Å²) in [5.74, 6) is 0.574. The molecule has 6 heteroatoms. The van der Waals surface area contributed by atoms with Crippen molar-refractivity contribution in [3.05, 3.63) is 27.1 Å². The first-order chi connectivity index (χ1) is 8.70. The Bertz CT molecular complexity index is 408. The van der Waals surface area contributed by atoms with Crippen LogP contribution in [0.1, 0.15) is 24.6 Å². The molecule has 1 fully saturated rings. The molecule has 1 saturated heterocycles. The lowest BCUT2D eigenvalue weighted by molar-refractivity contribution is -0.380. The van der Waals surface area contributed by atoms with Gasteiger partial charge in [-0.2, -0.15) is 0 Å². The molecule has 0 radical (unpaired) electrons. The van der Waals surface area contributed by atoms with Gasteiger partial charge in [-0.05, 0) is 24.8 Å². The van der Waals surface area contributed by atoms with Crippen molar-refractivity contribution >= 4 is 16.3 Å². The molecule has 2 atom stereocenters. The Labute approximate surface area is 110 Å². The molecule has 0 bridgehead atoms. The largest absolute Gasteiger partial charge is 0.378 e. The molecule has 0 spiro atoms. The first-order valence-corrected chi connectivity index (χ1v) is 7.07. The van der Waals surface area contributed by atoms with E-state index in [4.69, 9.17) is 4.74 Å². The molecule has 0 saturated carbocycles. The van der Waals surface area contributed by atoms with Crippen molar-refractivity contribution in [3.8, 4) is 0 Å². The number of hydrogen-bond donors (Lipinski definition) is 1. The van der Waals surface area contributed by atoms with Gasteiger partial charge in [0.25, 0.3) is 0 Å². The van der Waals surface area contributed by atoms with Gasteiger partial charge in [-0.25, -0.2) is 0 Å². The number of nitrogens with zero attached hydrogens (tertiary/aromatic N) is 1. The van der Waals surface area contributed by atoms with Crippen LogP contribution in [0.25, 0.3) is 0 Å². The quantitative estimate of drug-likeness (QED) is 0.637. The summed E-state index contributed by atoms with van der Waals surface area (Å²) in [6, 6.07) is 3.38. The molecule has 1 aliphatic rings. The van der Waals surface area contributed by atoms with E-state index in [-0.39, 0.29) is 9.92 Å². The highest BCUT2D eigenvalue weighted by molar-refractivity contribution is 7.15. The normalized spacial score (nSPS) is 23.4. The molecule has 2 unspecified atom stereocenters. The Morgan fingerprint density at radius 2 is 2.44 bits per heavy atom. The Kier molecular flexibility index (Phi) is 4.68. The van der Waals surface area contributed by atoms with Crippen LogP contribution in [-0.2, 0) is 11.3 Å². The summed E-state index contributed by atoms with van der Waals surface area (Å²) in [5.41, 5.74) is 0. The van der Waals surface area contributed by atoms with Gasteiger partial charge in [-0.3, -0.25) is 10.1 Å². The summed E-state index contributed by atoms with van der Waals surface area (Å²) in [7, 11) is 0. The molecular formula is C12H18N2O3S. The number of ether oxygens (including phenoxy) is 1. The highest BCUT2D eigenvalue weighted by Gasteiger charge is 2.26. The predicted molar refractivity (Wildman–Crippen MR) is 70.8 cm³/mol. The Morgan fingerprint density at radius 3 is 3.11 bits per heavy atom. The maximum atomic E-state index is 10.6. The summed E-state index contributed by atoms with van der Waals surface area (Å²) >= 11 is 1.24. The molecule has 1 aromatic heterocycles. The number of hydrogen-bond acceptors (Lipinski definition) is 5. The van der Waals surface area contributed by atoms with Crippen molar-refractivity contribution in [2.24, 2.45) is 5.92 Å². The third-order valence-corrected chi connectivity index (χ3v) is 4.32. The van der Waals surface area contributed by atoms with Crippen LogP contribution in [0.15, 0.2) is 12.1 Å². The standard InChI is InChI=1S/C12H18N2O3S/c1-2-11-9(5-6-17-11)7-13-8-10-3-4-12(18-10)14(15)16/h3-4,9,11,13H,2,5-8H2,1H3. The fourth-order valence-corrected chi connectivity index (χ4v) is 3.11. The molecule has 0 aromatic carbocycles. The summed E-state index contributed by atoms with van der Waals surface area (Å²) < 4.78 is 5.63. The minimum Gasteiger partial charge on any atom is -0.378 e. The third-order valence-electron chi connectivity index (χ3n) is 3.28. The van der Waals surface area contributed by atoms with E-state index in [1.807, 2.05) is 6.07 Å². The first-order valence-electron chi connectivity index (χ1n) is 6.26. The Balaban J connectivity index is 1.76. The smallest absolute Gasteiger partial charge is 0.324 e. The molecule has 0 amide bonds. The lowest BCUT2D eigenvalue weighted by Gasteiger charge is -2.16. The van der Waals surface area contributed by atoms with Crippen molar-refractivity contribution < 1.29 is 9.66 Å². The van der Waals surface area contributed by atoms with E-state index >= 15 is 0 Å². The maximum absolute atomic E-state index is 10.6. The summed E-state index contributed by atoms with van der Waals surface area (Å²) in [5, 5.41) is 14.1. The van der Waals surface area contributed by atoms with Crippen LogP contribution in [-0.4, -0.2) is 24.2 Å². The molecule has 100 valence electrons. The second kappa shape index (κ2) is 6.26. The van der Waals surface area contributed by atoms with Gasteiger partial charge in [0.05, 0.1) is 11.0 Å². The van der Waals surface area contributed by atoms with Crippen LogP contribution in [0.3, 0.4) is 0 Å². The first kappa shape index (κ1) is 13.5. The highest BCUT2D eigenvalue weighted by Crippen LogP contribution is 2.25. The summed E-state index contributed by atoms with van der Waals surface area (Å²) in [6.45, 7) is 4.62. The molecule has 1 aliphatic heterocycles. The number of rotatable bonds is 6. The molecule has 0 aliphatic carbocycles. The van der Waals surface area contributed by atoms with Crippen molar-refractivity contribution in [2.45, 2.75) is 32.4 Å². The van der Waals surface area contributed by atoms with Crippen LogP contribution >= 0.6 is 11.3 Å². The lowest BCUT2D eigenvalue weighted by atomic mass is 10.00. The average molecular weight is 270 g/mol. The van der Waals surface area contributed by atoms with Crippen LogP contribution in [0.4, 0.5) is 5.00 Å². The van der Waals surface area contributed by atoms with E-state index in [1.165, 1.54) is 11.3 Å². The average Bonchev–Trinajstić information content (AvgIpc) is 2.97. The zero-order chi connectivity index (χ0) is 13.0. The van der Waals surface area contributed by atoms with Crippen molar-refractivity contribution in [2.75, 3.05) is 13.2 Å². The lowest BCUT2D eigenvalue weighted by Crippen LogP contribution is -2.27. The van der Waals surface area contributed by atoms with Gasteiger partial charge in [-0.1, -0.05) is 18.3 Å². The zero-order valence-electron chi connectivity index (χ0n) is 10.4. The monoisotopic (exact) mass is 270 g/mol. The van der Waals surface area contributed by atoms with E-state index in [2.05, 4.69) is 12.2 Å². The van der Waals surface area contributed by atoms with Crippen molar-refractivity contribution in [1.29, 1.82) is 0 Å².